The monoisotopic (exact) mass is 250 g/mol. The Morgan fingerprint density at radius 1 is 1.12 bits per heavy atom. The van der Waals surface area contributed by atoms with Crippen LogP contribution in [0.4, 0.5) is 4.79 Å². The third kappa shape index (κ3) is 9.60. The molecule has 94 valence electrons. The smallest absolute Gasteiger partial charge is 0.421 e. The maximum absolute atomic E-state index is 11.1. The molecule has 0 saturated heterocycles. The molecule has 6 nitrogen and oxygen atoms in total. The molecular formula is C9H18N2O4S. The first-order valence-corrected chi connectivity index (χ1v) is 5.73. The number of esters is 1. The number of carbonyl (C=O) groups excluding carboxylic acids is 2. The van der Waals surface area contributed by atoms with Crippen LogP contribution >= 0.6 is 12.6 Å². The maximum Gasteiger partial charge on any atom is 0.421 e. The lowest BCUT2D eigenvalue weighted by Crippen LogP contribution is -2.31. The van der Waals surface area contributed by atoms with E-state index in [1.165, 1.54) is 0 Å². The molecule has 0 aromatic rings. The van der Waals surface area contributed by atoms with Crippen molar-refractivity contribution in [3.05, 3.63) is 0 Å². The molecule has 7 heteroatoms. The predicted octanol–water partition coefficient (Wildman–Crippen LogP) is 0.620. The van der Waals surface area contributed by atoms with Crippen molar-refractivity contribution in [3.8, 4) is 0 Å². The van der Waals surface area contributed by atoms with Gasteiger partial charge in [-0.3, -0.25) is 10.2 Å². The Morgan fingerprint density at radius 3 is 2.44 bits per heavy atom. The average Bonchev–Trinajstić information content (AvgIpc) is 2.30. The van der Waals surface area contributed by atoms with Crippen LogP contribution in [0, 0.1) is 0 Å². The van der Waals surface area contributed by atoms with Crippen LogP contribution in [0.25, 0.3) is 0 Å². The van der Waals surface area contributed by atoms with Crippen molar-refractivity contribution in [3.63, 3.8) is 0 Å². The van der Waals surface area contributed by atoms with E-state index >= 15 is 0 Å². The van der Waals surface area contributed by atoms with E-state index in [1.54, 1.807) is 5.43 Å². The zero-order valence-electron chi connectivity index (χ0n) is 9.11. The van der Waals surface area contributed by atoms with E-state index < -0.39 is 6.09 Å². The molecule has 16 heavy (non-hydrogen) atoms. The molecule has 0 rings (SSSR count). The first-order chi connectivity index (χ1) is 7.70. The number of amides is 1. The van der Waals surface area contributed by atoms with Crippen LogP contribution in [0.15, 0.2) is 0 Å². The van der Waals surface area contributed by atoms with Crippen molar-refractivity contribution in [1.82, 2.24) is 5.43 Å². The van der Waals surface area contributed by atoms with Crippen molar-refractivity contribution in [1.29, 1.82) is 0 Å². The van der Waals surface area contributed by atoms with Crippen molar-refractivity contribution in [2.24, 2.45) is 5.84 Å². The number of carbonyl (C=O) groups is 2. The molecule has 0 aromatic carbocycles. The molecule has 0 fully saturated rings. The minimum Gasteiger partial charge on any atom is -0.462 e. The molecular weight excluding hydrogens is 232 g/mol. The first-order valence-electron chi connectivity index (χ1n) is 5.10. The van der Waals surface area contributed by atoms with E-state index in [2.05, 4.69) is 17.4 Å². The highest BCUT2D eigenvalue weighted by Gasteiger charge is 2.03. The highest BCUT2D eigenvalue weighted by Crippen LogP contribution is 2.02. The lowest BCUT2D eigenvalue weighted by Gasteiger charge is -2.05. The van der Waals surface area contributed by atoms with Gasteiger partial charge >= 0.3 is 12.1 Å². The summed E-state index contributed by atoms with van der Waals surface area (Å²) in [6.45, 7) is 0.0598. The number of hydrogen-bond acceptors (Lipinski definition) is 6. The average molecular weight is 250 g/mol. The zero-order valence-corrected chi connectivity index (χ0v) is 10.0. The summed E-state index contributed by atoms with van der Waals surface area (Å²) < 4.78 is 9.34. The van der Waals surface area contributed by atoms with Crippen LogP contribution in [0.5, 0.6) is 0 Å². The minimum absolute atomic E-state index is 0.00537. The fourth-order valence-corrected chi connectivity index (χ4v) is 1.19. The molecule has 0 heterocycles. The molecule has 1 amide bonds. The fourth-order valence-electron chi connectivity index (χ4n) is 0.962. The second kappa shape index (κ2) is 10.6. The third-order valence-corrected chi connectivity index (χ3v) is 2.05. The van der Waals surface area contributed by atoms with Gasteiger partial charge in [-0.15, -0.1) is 0 Å². The summed E-state index contributed by atoms with van der Waals surface area (Å²) in [7, 11) is 0. The van der Waals surface area contributed by atoms with Gasteiger partial charge in [0, 0.05) is 6.42 Å². The Hall–Kier alpha value is -0.950. The summed E-state index contributed by atoms with van der Waals surface area (Å²) in [5.41, 5.74) is 1.79. The number of hydrazine groups is 1. The van der Waals surface area contributed by atoms with E-state index in [4.69, 9.17) is 10.6 Å². The van der Waals surface area contributed by atoms with Gasteiger partial charge in [-0.25, -0.2) is 10.6 Å². The highest BCUT2D eigenvalue weighted by atomic mass is 32.1. The van der Waals surface area contributed by atoms with Crippen LogP contribution in [-0.4, -0.2) is 31.0 Å². The Morgan fingerprint density at radius 2 is 1.81 bits per heavy atom. The largest absolute Gasteiger partial charge is 0.462 e. The van der Waals surface area contributed by atoms with Gasteiger partial charge in [-0.05, 0) is 18.6 Å². The molecule has 3 N–H and O–H groups in total. The predicted molar refractivity (Wildman–Crippen MR) is 62.0 cm³/mol. The summed E-state index contributed by atoms with van der Waals surface area (Å²) in [5, 5.41) is 0. The molecule has 0 aromatic heterocycles. The van der Waals surface area contributed by atoms with Gasteiger partial charge < -0.3 is 9.47 Å². The first kappa shape index (κ1) is 15.0. The zero-order chi connectivity index (χ0) is 12.2. The molecule has 0 unspecified atom stereocenters. The molecule has 0 atom stereocenters. The standard InChI is InChI=1S/C9H18N2O4S/c10-11-9(13)15-6-5-14-8(12)4-2-1-3-7-16/h16H,1-7,10H2,(H,11,13). The molecule has 0 aliphatic heterocycles. The van der Waals surface area contributed by atoms with Gasteiger partial charge in [-0.2, -0.15) is 12.6 Å². The number of hydrogen-bond donors (Lipinski definition) is 3. The number of unbranched alkanes of at least 4 members (excludes halogenated alkanes) is 2. The number of thiol groups is 1. The minimum atomic E-state index is -0.746. The fraction of sp³-hybridized carbons (Fsp3) is 0.778. The topological polar surface area (TPSA) is 90.7 Å². The Balaban J connectivity index is 3.27. The molecule has 0 bridgehead atoms. The van der Waals surface area contributed by atoms with Gasteiger partial charge in [0.25, 0.3) is 0 Å². The second-order valence-corrected chi connectivity index (χ2v) is 3.48. The summed E-state index contributed by atoms with van der Waals surface area (Å²) >= 11 is 4.06. The van der Waals surface area contributed by atoms with Gasteiger partial charge in [0.1, 0.15) is 13.2 Å². The summed E-state index contributed by atoms with van der Waals surface area (Å²) in [4.78, 5) is 21.6. The second-order valence-electron chi connectivity index (χ2n) is 3.03. The van der Waals surface area contributed by atoms with Crippen molar-refractivity contribution in [2.45, 2.75) is 25.7 Å². The van der Waals surface area contributed by atoms with Crippen molar-refractivity contribution in [2.75, 3.05) is 19.0 Å². The van der Waals surface area contributed by atoms with E-state index in [-0.39, 0.29) is 19.2 Å². The number of nitrogens with two attached hydrogens (primary N) is 1. The maximum atomic E-state index is 11.1. The summed E-state index contributed by atoms with van der Waals surface area (Å²) in [6.07, 6.45) is 2.39. The quantitative estimate of drug-likeness (QED) is 0.147. The van der Waals surface area contributed by atoms with E-state index in [0.717, 1.165) is 25.0 Å². The number of ether oxygens (including phenoxy) is 2. The molecule has 0 aliphatic carbocycles. The lowest BCUT2D eigenvalue weighted by atomic mass is 10.2. The van der Waals surface area contributed by atoms with Gasteiger partial charge in [0.2, 0.25) is 0 Å². The van der Waals surface area contributed by atoms with Crippen LogP contribution in [0.1, 0.15) is 25.7 Å². The van der Waals surface area contributed by atoms with Crippen molar-refractivity contribution >= 4 is 24.7 Å². The molecule has 0 radical (unpaired) electrons. The molecule has 0 aliphatic rings. The van der Waals surface area contributed by atoms with Crippen LogP contribution in [-0.2, 0) is 14.3 Å². The lowest BCUT2D eigenvalue weighted by molar-refractivity contribution is -0.144. The van der Waals surface area contributed by atoms with Crippen LogP contribution in [0.3, 0.4) is 0 Å². The highest BCUT2D eigenvalue weighted by molar-refractivity contribution is 7.80. The number of nitrogens with one attached hydrogen (secondary N) is 1. The third-order valence-electron chi connectivity index (χ3n) is 1.74. The van der Waals surface area contributed by atoms with Crippen molar-refractivity contribution < 1.29 is 19.1 Å². The molecule has 0 spiro atoms. The Bertz CT molecular complexity index is 214. The normalized spacial score (nSPS) is 9.62. The Labute approximate surface area is 100 Å². The SMILES string of the molecule is NNC(=O)OCCOC(=O)CCCCCS. The molecule has 0 saturated carbocycles. The number of rotatable bonds is 8. The van der Waals surface area contributed by atoms with Gasteiger partial charge in [0.05, 0.1) is 0 Å². The van der Waals surface area contributed by atoms with E-state index in [9.17, 15) is 9.59 Å². The summed E-state index contributed by atoms with van der Waals surface area (Å²) in [5.74, 6) is 5.32. The van der Waals surface area contributed by atoms with Crippen LogP contribution in [0.2, 0.25) is 0 Å². The van der Waals surface area contributed by atoms with E-state index in [1.807, 2.05) is 0 Å². The summed E-state index contributed by atoms with van der Waals surface area (Å²) in [6, 6.07) is 0. The van der Waals surface area contributed by atoms with E-state index in [0.29, 0.717) is 6.42 Å². The Kier molecular flexibility index (Phi) is 9.94. The van der Waals surface area contributed by atoms with Gasteiger partial charge in [-0.1, -0.05) is 6.42 Å². The van der Waals surface area contributed by atoms with Gasteiger partial charge in [0.15, 0.2) is 0 Å². The van der Waals surface area contributed by atoms with Crippen LogP contribution < -0.4 is 11.3 Å².